The summed E-state index contributed by atoms with van der Waals surface area (Å²) in [6.45, 7) is 0. The van der Waals surface area contributed by atoms with Gasteiger partial charge in [0.25, 0.3) is 11.5 Å². The minimum Gasteiger partial charge on any atom is -0.326 e. The molecule has 0 spiro atoms. The van der Waals surface area contributed by atoms with E-state index in [-0.39, 0.29) is 28.6 Å². The van der Waals surface area contributed by atoms with Crippen LogP contribution in [0.15, 0.2) is 82.3 Å². The molecule has 0 saturated carbocycles. The lowest BCUT2D eigenvalue weighted by Crippen LogP contribution is -2.16. The zero-order valence-electron chi connectivity index (χ0n) is 19.3. The number of aromatic nitrogens is 2. The lowest BCUT2D eigenvalue weighted by Gasteiger charge is -2.11. The van der Waals surface area contributed by atoms with Crippen molar-refractivity contribution in [1.82, 2.24) is 9.97 Å². The molecule has 5 rings (SSSR count). The number of rotatable bonds is 7. The number of amides is 1. The Bertz CT molecular complexity index is 1750. The number of ketones is 1. The van der Waals surface area contributed by atoms with E-state index in [1.807, 2.05) is 6.07 Å². The average molecular weight is 558 g/mol. The molecule has 5 aromatic rings. The van der Waals surface area contributed by atoms with Crippen molar-refractivity contribution in [3.63, 3.8) is 0 Å². The molecule has 0 saturated heterocycles. The Morgan fingerprint density at radius 2 is 1.79 bits per heavy atom. The summed E-state index contributed by atoms with van der Waals surface area (Å²) in [4.78, 5) is 46.5. The summed E-state index contributed by atoms with van der Waals surface area (Å²) in [6.07, 6.45) is 0. The summed E-state index contributed by atoms with van der Waals surface area (Å²) >= 11 is 8.45. The molecule has 0 atom stereocenters. The normalized spacial score (nSPS) is 10.5. The van der Waals surface area contributed by atoms with Crippen LogP contribution in [0.1, 0.15) is 30.5 Å². The first-order valence-corrected chi connectivity index (χ1v) is 13.2. The van der Waals surface area contributed by atoms with Gasteiger partial charge in [-0.1, -0.05) is 29.8 Å². The fourth-order valence-corrected chi connectivity index (χ4v) is 5.35. The van der Waals surface area contributed by atoms with E-state index < -0.39 is 11.5 Å². The molecule has 38 heavy (non-hydrogen) atoms. The van der Waals surface area contributed by atoms with Crippen LogP contribution in [-0.2, 0) is 0 Å². The number of carbonyl (C=O) groups excluding carboxylic acids is 2. The average Bonchev–Trinajstić information content (AvgIpc) is 3.62. The molecule has 0 radical (unpaired) electrons. The Morgan fingerprint density at radius 3 is 2.53 bits per heavy atom. The molecule has 0 aliphatic carbocycles. The van der Waals surface area contributed by atoms with Gasteiger partial charge in [-0.3, -0.25) is 19.4 Å². The molecule has 0 unspecified atom stereocenters. The first-order chi connectivity index (χ1) is 18.4. The van der Waals surface area contributed by atoms with Gasteiger partial charge in [0, 0.05) is 22.0 Å². The van der Waals surface area contributed by atoms with Crippen LogP contribution >= 0.6 is 34.3 Å². The van der Waals surface area contributed by atoms with Crippen molar-refractivity contribution in [3.05, 3.63) is 114 Å². The Hall–Kier alpha value is -4.56. The van der Waals surface area contributed by atoms with E-state index in [4.69, 9.17) is 11.6 Å². The van der Waals surface area contributed by atoms with Gasteiger partial charge < -0.3 is 10.6 Å². The van der Waals surface area contributed by atoms with E-state index in [1.165, 1.54) is 22.7 Å². The second kappa shape index (κ2) is 10.8. The van der Waals surface area contributed by atoms with Crippen LogP contribution in [0.5, 0.6) is 0 Å². The van der Waals surface area contributed by atoms with Gasteiger partial charge in [-0.25, -0.2) is 4.98 Å². The monoisotopic (exact) mass is 557 g/mol. The molecular weight excluding hydrogens is 542 g/mol. The molecule has 11 heteroatoms. The van der Waals surface area contributed by atoms with Gasteiger partial charge in [0.1, 0.15) is 11.6 Å². The number of aromatic amines is 1. The van der Waals surface area contributed by atoms with Crippen molar-refractivity contribution < 1.29 is 9.59 Å². The van der Waals surface area contributed by atoms with Gasteiger partial charge >= 0.3 is 0 Å². The Morgan fingerprint density at radius 1 is 0.974 bits per heavy atom. The highest BCUT2D eigenvalue weighted by molar-refractivity contribution is 7.16. The van der Waals surface area contributed by atoms with Crippen LogP contribution in [0, 0.1) is 11.3 Å². The highest BCUT2D eigenvalue weighted by Crippen LogP contribution is 2.27. The summed E-state index contributed by atoms with van der Waals surface area (Å²) in [7, 11) is 0. The Kier molecular flexibility index (Phi) is 7.15. The highest BCUT2D eigenvalue weighted by atomic mass is 35.5. The van der Waals surface area contributed by atoms with E-state index in [9.17, 15) is 19.6 Å². The lowest BCUT2D eigenvalue weighted by atomic mass is 10.1. The minimum atomic E-state index is -0.613. The smallest absolute Gasteiger partial charge is 0.270 e. The number of thiophene rings is 2. The molecule has 8 nitrogen and oxygen atoms in total. The van der Waals surface area contributed by atoms with Crippen LogP contribution in [0.3, 0.4) is 0 Å². The number of hydrogen-bond acceptors (Lipinski definition) is 8. The third-order valence-corrected chi connectivity index (χ3v) is 7.43. The SMILES string of the molecule is N#Cc1c(-c2cccc(NC(=O)c3ccsc3C(=O)c3cccs3)c2)nc(Nc2ccc(Cl)cc2)[nH]c1=O. The third kappa shape index (κ3) is 5.26. The molecule has 2 aromatic carbocycles. The van der Waals surface area contributed by atoms with Gasteiger partial charge in [0.15, 0.2) is 0 Å². The topological polar surface area (TPSA) is 128 Å². The summed E-state index contributed by atoms with van der Waals surface area (Å²) < 4.78 is 0. The van der Waals surface area contributed by atoms with Crippen molar-refractivity contribution in [1.29, 1.82) is 5.26 Å². The zero-order chi connectivity index (χ0) is 26.6. The molecule has 3 aromatic heterocycles. The number of H-pyrrole nitrogens is 1. The predicted octanol–water partition coefficient (Wildman–Crippen LogP) is 6.31. The minimum absolute atomic E-state index is 0.135. The molecule has 3 heterocycles. The molecule has 0 aliphatic heterocycles. The quantitative estimate of drug-likeness (QED) is 0.201. The number of nitriles is 1. The van der Waals surface area contributed by atoms with E-state index in [0.717, 1.165) is 0 Å². The van der Waals surface area contributed by atoms with Crippen molar-refractivity contribution in [2.24, 2.45) is 0 Å². The first kappa shape index (κ1) is 25.1. The van der Waals surface area contributed by atoms with Crippen LogP contribution in [0.2, 0.25) is 5.02 Å². The Labute approximate surface area is 229 Å². The maximum Gasteiger partial charge on any atom is 0.270 e. The summed E-state index contributed by atoms with van der Waals surface area (Å²) in [5.41, 5.74) is 1.12. The number of hydrogen-bond donors (Lipinski definition) is 3. The van der Waals surface area contributed by atoms with Crippen LogP contribution in [-0.4, -0.2) is 21.7 Å². The Balaban J connectivity index is 1.43. The van der Waals surface area contributed by atoms with Gasteiger partial charge in [-0.2, -0.15) is 5.26 Å². The number of anilines is 3. The zero-order valence-corrected chi connectivity index (χ0v) is 21.7. The number of nitrogens with one attached hydrogen (secondary N) is 3. The maximum absolute atomic E-state index is 13.1. The predicted molar refractivity (Wildman–Crippen MR) is 150 cm³/mol. The maximum atomic E-state index is 13.1. The first-order valence-electron chi connectivity index (χ1n) is 11.1. The summed E-state index contributed by atoms with van der Waals surface area (Å²) in [5.74, 6) is -0.524. The van der Waals surface area contributed by atoms with Crippen LogP contribution in [0.25, 0.3) is 11.3 Å². The molecule has 3 N–H and O–H groups in total. The third-order valence-electron chi connectivity index (χ3n) is 5.39. The summed E-state index contributed by atoms with van der Waals surface area (Å²) in [5, 5.41) is 19.5. The number of halogens is 1. The second-order valence-electron chi connectivity index (χ2n) is 7.89. The van der Waals surface area contributed by atoms with Crippen LogP contribution in [0.4, 0.5) is 17.3 Å². The number of benzene rings is 2. The fourth-order valence-electron chi connectivity index (χ4n) is 3.64. The molecule has 0 aliphatic rings. The van der Waals surface area contributed by atoms with Gasteiger partial charge in [0.05, 0.1) is 21.0 Å². The van der Waals surface area contributed by atoms with Crippen molar-refractivity contribution >= 4 is 63.3 Å². The molecular formula is C27H16ClN5O3S2. The standard InChI is InChI=1S/C27H16ClN5O3S2/c28-16-6-8-17(9-7-16)31-27-32-22(20(14-29)26(36)33-27)15-3-1-4-18(13-15)30-25(35)19-10-12-38-24(19)23(34)21-5-2-11-37-21/h1-13H,(H,30,35)(H2,31,32,33,36). The molecule has 0 bridgehead atoms. The second-order valence-corrected chi connectivity index (χ2v) is 10.2. The van der Waals surface area contributed by atoms with Gasteiger partial charge in [-0.05, 0) is 59.3 Å². The van der Waals surface area contributed by atoms with Crippen LogP contribution < -0.4 is 16.2 Å². The molecule has 1 amide bonds. The lowest BCUT2D eigenvalue weighted by molar-refractivity contribution is 0.100. The molecule has 186 valence electrons. The van der Waals surface area contributed by atoms with E-state index in [1.54, 1.807) is 77.5 Å². The fraction of sp³-hybridized carbons (Fsp3) is 0. The van der Waals surface area contributed by atoms with E-state index in [2.05, 4.69) is 20.6 Å². The van der Waals surface area contributed by atoms with E-state index >= 15 is 0 Å². The van der Waals surface area contributed by atoms with Crippen molar-refractivity contribution in [2.45, 2.75) is 0 Å². The largest absolute Gasteiger partial charge is 0.326 e. The summed E-state index contributed by atoms with van der Waals surface area (Å²) in [6, 6.07) is 20.5. The highest BCUT2D eigenvalue weighted by Gasteiger charge is 2.21. The number of nitrogens with zero attached hydrogens (tertiary/aromatic N) is 2. The van der Waals surface area contributed by atoms with Gasteiger partial charge in [-0.15, -0.1) is 22.7 Å². The van der Waals surface area contributed by atoms with E-state index in [0.29, 0.717) is 31.7 Å². The van der Waals surface area contributed by atoms with Gasteiger partial charge in [0.2, 0.25) is 11.7 Å². The van der Waals surface area contributed by atoms with Crippen molar-refractivity contribution in [2.75, 3.05) is 10.6 Å². The van der Waals surface area contributed by atoms with Crippen molar-refractivity contribution in [3.8, 4) is 17.3 Å². The number of carbonyl (C=O) groups is 2. The molecule has 0 fully saturated rings.